The van der Waals surface area contributed by atoms with Crippen LogP contribution in [-0.4, -0.2) is 20.9 Å². The number of aromatic nitrogens is 2. The summed E-state index contributed by atoms with van der Waals surface area (Å²) in [7, 11) is 0. The first-order chi connectivity index (χ1) is 11.6. The number of rotatable bonds is 4. The van der Waals surface area contributed by atoms with Crippen LogP contribution in [-0.2, 0) is 0 Å². The van der Waals surface area contributed by atoms with E-state index in [1.165, 1.54) is 24.3 Å². The predicted octanol–water partition coefficient (Wildman–Crippen LogP) is 4.02. The minimum atomic E-state index is -2.94. The van der Waals surface area contributed by atoms with Crippen molar-refractivity contribution in [3.8, 4) is 17.1 Å². The van der Waals surface area contributed by atoms with Gasteiger partial charge in [0.05, 0.1) is 11.1 Å². The van der Waals surface area contributed by atoms with Gasteiger partial charge in [-0.15, -0.1) is 0 Å². The van der Waals surface area contributed by atoms with Crippen LogP contribution in [0.1, 0.15) is 28.0 Å². The Morgan fingerprint density at radius 2 is 1.62 bits per heavy atom. The van der Waals surface area contributed by atoms with Gasteiger partial charge in [-0.2, -0.15) is 0 Å². The number of hydrogen-bond acceptors (Lipinski definition) is 4. The molecule has 0 aliphatic heterocycles. The van der Waals surface area contributed by atoms with Crippen molar-refractivity contribution in [1.82, 2.24) is 9.97 Å². The van der Waals surface area contributed by atoms with E-state index in [1.807, 2.05) is 0 Å². The zero-order chi connectivity index (χ0) is 17.1. The minimum absolute atomic E-state index is 0.0736. The normalized spacial score (nSPS) is 10.8. The van der Waals surface area contributed by atoms with Crippen LogP contribution in [0.25, 0.3) is 11.4 Å². The van der Waals surface area contributed by atoms with Gasteiger partial charge >= 0.3 is 0 Å². The van der Waals surface area contributed by atoms with E-state index in [1.54, 1.807) is 30.3 Å². The summed E-state index contributed by atoms with van der Waals surface area (Å²) in [6, 6.07) is 14.4. The van der Waals surface area contributed by atoms with Gasteiger partial charge in [0.15, 0.2) is 11.6 Å². The van der Waals surface area contributed by atoms with E-state index in [0.717, 1.165) is 6.20 Å². The van der Waals surface area contributed by atoms with Gasteiger partial charge in [-0.1, -0.05) is 42.5 Å². The molecule has 24 heavy (non-hydrogen) atoms. The number of ketones is 1. The minimum Gasteiger partial charge on any atom is -0.507 e. The largest absolute Gasteiger partial charge is 0.507 e. The third kappa shape index (κ3) is 2.99. The molecule has 0 aliphatic carbocycles. The molecule has 0 bridgehead atoms. The number of alkyl halides is 2. The van der Waals surface area contributed by atoms with Crippen molar-refractivity contribution >= 4 is 5.78 Å². The van der Waals surface area contributed by atoms with Gasteiger partial charge in [0.25, 0.3) is 6.43 Å². The lowest BCUT2D eigenvalue weighted by Gasteiger charge is -2.10. The first kappa shape index (κ1) is 15.7. The first-order valence-electron chi connectivity index (χ1n) is 7.11. The Morgan fingerprint density at radius 3 is 2.29 bits per heavy atom. The number of benzene rings is 2. The number of phenols is 1. The lowest BCUT2D eigenvalue weighted by Crippen LogP contribution is -2.10. The maximum absolute atomic E-state index is 13.4. The topological polar surface area (TPSA) is 63.1 Å². The van der Waals surface area contributed by atoms with Crippen molar-refractivity contribution in [3.05, 3.63) is 77.6 Å². The molecule has 3 aromatic rings. The number of carbonyl (C=O) groups is 1. The molecule has 3 rings (SSSR count). The van der Waals surface area contributed by atoms with Gasteiger partial charge in [-0.3, -0.25) is 4.79 Å². The Morgan fingerprint density at radius 1 is 0.958 bits per heavy atom. The van der Waals surface area contributed by atoms with Crippen molar-refractivity contribution in [2.45, 2.75) is 6.43 Å². The van der Waals surface area contributed by atoms with E-state index >= 15 is 0 Å². The standard InChI is InChI=1S/C18H12F2N2O2/c19-17(20)15-13(16(24)12-8-4-5-9-14(12)23)10-21-18(22-15)11-6-2-1-3-7-11/h1-10,17,23H. The monoisotopic (exact) mass is 326 g/mol. The fourth-order valence-corrected chi connectivity index (χ4v) is 2.27. The lowest BCUT2D eigenvalue weighted by molar-refractivity contribution is 0.101. The second kappa shape index (κ2) is 6.54. The fraction of sp³-hybridized carbons (Fsp3) is 0.0556. The second-order valence-corrected chi connectivity index (χ2v) is 5.01. The summed E-state index contributed by atoms with van der Waals surface area (Å²) in [6.45, 7) is 0. The molecule has 0 atom stereocenters. The van der Waals surface area contributed by atoms with Crippen molar-refractivity contribution in [2.24, 2.45) is 0 Å². The number of para-hydroxylation sites is 1. The van der Waals surface area contributed by atoms with Gasteiger partial charge in [0, 0.05) is 11.8 Å². The van der Waals surface area contributed by atoms with Crippen LogP contribution in [0.15, 0.2) is 60.8 Å². The summed E-state index contributed by atoms with van der Waals surface area (Å²) in [5.41, 5.74) is -0.486. The molecular formula is C18H12F2N2O2. The van der Waals surface area contributed by atoms with Crippen molar-refractivity contribution in [3.63, 3.8) is 0 Å². The molecular weight excluding hydrogens is 314 g/mol. The Bertz CT molecular complexity index is 883. The summed E-state index contributed by atoms with van der Waals surface area (Å²) in [6.07, 6.45) is -1.87. The molecule has 0 radical (unpaired) electrons. The van der Waals surface area contributed by atoms with E-state index in [4.69, 9.17) is 0 Å². The van der Waals surface area contributed by atoms with Crippen LogP contribution in [0.2, 0.25) is 0 Å². The van der Waals surface area contributed by atoms with Crippen molar-refractivity contribution in [1.29, 1.82) is 0 Å². The van der Waals surface area contributed by atoms with E-state index < -0.39 is 17.9 Å². The lowest BCUT2D eigenvalue weighted by atomic mass is 10.0. The van der Waals surface area contributed by atoms with E-state index in [9.17, 15) is 18.7 Å². The summed E-state index contributed by atoms with van der Waals surface area (Å²) in [5, 5.41) is 9.76. The van der Waals surface area contributed by atoms with Gasteiger partial charge < -0.3 is 5.11 Å². The van der Waals surface area contributed by atoms with E-state index in [2.05, 4.69) is 9.97 Å². The SMILES string of the molecule is O=C(c1ccccc1O)c1cnc(-c2ccccc2)nc1C(F)F. The number of halogens is 2. The molecule has 1 N–H and O–H groups in total. The van der Waals surface area contributed by atoms with Crippen LogP contribution in [0.5, 0.6) is 5.75 Å². The Labute approximate surface area is 136 Å². The third-order valence-electron chi connectivity index (χ3n) is 3.45. The second-order valence-electron chi connectivity index (χ2n) is 5.01. The van der Waals surface area contributed by atoms with Crippen molar-refractivity contribution in [2.75, 3.05) is 0 Å². The maximum atomic E-state index is 13.4. The number of nitrogens with zero attached hydrogens (tertiary/aromatic N) is 2. The highest BCUT2D eigenvalue weighted by Gasteiger charge is 2.24. The van der Waals surface area contributed by atoms with Crippen LogP contribution >= 0.6 is 0 Å². The zero-order valence-corrected chi connectivity index (χ0v) is 12.4. The molecule has 2 aromatic carbocycles. The molecule has 0 fully saturated rings. The first-order valence-corrected chi connectivity index (χ1v) is 7.11. The number of phenolic OH excluding ortho intramolecular Hbond substituents is 1. The highest BCUT2D eigenvalue weighted by atomic mass is 19.3. The molecule has 0 aliphatic rings. The smallest absolute Gasteiger partial charge is 0.281 e. The molecule has 6 heteroatoms. The molecule has 0 saturated heterocycles. The highest BCUT2D eigenvalue weighted by molar-refractivity contribution is 6.11. The van der Waals surface area contributed by atoms with Gasteiger partial charge in [-0.05, 0) is 12.1 Å². The average Bonchev–Trinajstić information content (AvgIpc) is 2.62. The Balaban J connectivity index is 2.09. The van der Waals surface area contributed by atoms with Crippen LogP contribution in [0, 0.1) is 0 Å². The number of hydrogen-bond donors (Lipinski definition) is 1. The number of aromatic hydroxyl groups is 1. The van der Waals surface area contributed by atoms with Gasteiger partial charge in [0.2, 0.25) is 0 Å². The molecule has 0 unspecified atom stereocenters. The molecule has 1 heterocycles. The summed E-state index contributed by atoms with van der Waals surface area (Å²) < 4.78 is 26.8. The van der Waals surface area contributed by atoms with Crippen molar-refractivity contribution < 1.29 is 18.7 Å². The predicted molar refractivity (Wildman–Crippen MR) is 84.0 cm³/mol. The van der Waals surface area contributed by atoms with E-state index in [-0.39, 0.29) is 22.7 Å². The summed E-state index contributed by atoms with van der Waals surface area (Å²) in [5.74, 6) is -0.919. The molecule has 120 valence electrons. The zero-order valence-electron chi connectivity index (χ0n) is 12.4. The van der Waals surface area contributed by atoms with Crippen LogP contribution in [0.4, 0.5) is 8.78 Å². The maximum Gasteiger partial charge on any atom is 0.281 e. The average molecular weight is 326 g/mol. The fourth-order valence-electron chi connectivity index (χ4n) is 2.27. The Hall–Kier alpha value is -3.15. The molecule has 0 amide bonds. The molecule has 0 saturated carbocycles. The van der Waals surface area contributed by atoms with Crippen LogP contribution < -0.4 is 0 Å². The molecule has 4 nitrogen and oxygen atoms in total. The molecule has 0 spiro atoms. The highest BCUT2D eigenvalue weighted by Crippen LogP contribution is 2.27. The quantitative estimate of drug-likeness (QED) is 0.736. The Kier molecular flexibility index (Phi) is 4.29. The van der Waals surface area contributed by atoms with Gasteiger partial charge in [-0.25, -0.2) is 18.7 Å². The summed E-state index contributed by atoms with van der Waals surface area (Å²) >= 11 is 0. The molecule has 1 aromatic heterocycles. The van der Waals surface area contributed by atoms with Crippen LogP contribution in [0.3, 0.4) is 0 Å². The number of carbonyl (C=O) groups excluding carboxylic acids is 1. The third-order valence-corrected chi connectivity index (χ3v) is 3.45. The van der Waals surface area contributed by atoms with Gasteiger partial charge in [0.1, 0.15) is 11.4 Å². The summed E-state index contributed by atoms with van der Waals surface area (Å²) in [4.78, 5) is 20.3. The van der Waals surface area contributed by atoms with E-state index in [0.29, 0.717) is 5.56 Å².